The number of hydrogen-bond donors (Lipinski definition) is 2. The summed E-state index contributed by atoms with van der Waals surface area (Å²) >= 11 is 11.3. The van der Waals surface area contributed by atoms with Crippen molar-refractivity contribution in [1.29, 1.82) is 0 Å². The van der Waals surface area contributed by atoms with Gasteiger partial charge in [0.2, 0.25) is 5.28 Å². The van der Waals surface area contributed by atoms with Gasteiger partial charge in [-0.2, -0.15) is 0 Å². The summed E-state index contributed by atoms with van der Waals surface area (Å²) in [6.45, 7) is 0. The maximum absolute atomic E-state index is 11.9. The van der Waals surface area contributed by atoms with Gasteiger partial charge in [-0.1, -0.05) is 23.7 Å². The highest BCUT2D eigenvalue weighted by atomic mass is 35.5. The summed E-state index contributed by atoms with van der Waals surface area (Å²) in [7, 11) is 0. The highest BCUT2D eigenvalue weighted by Crippen LogP contribution is 2.17. The normalized spacial score (nSPS) is 10.1. The molecule has 7 heteroatoms. The van der Waals surface area contributed by atoms with E-state index in [1.165, 1.54) is 6.07 Å². The number of nitrogens with two attached hydrogens (primary N) is 1. The second-order valence-electron chi connectivity index (χ2n) is 3.39. The second-order valence-corrected chi connectivity index (χ2v) is 4.11. The number of nitrogen functional groups attached to an aromatic ring is 1. The van der Waals surface area contributed by atoms with E-state index in [0.29, 0.717) is 11.3 Å². The minimum atomic E-state index is -0.390. The number of carbonyl (C=O) groups excluding carboxylic acids is 1. The topological polar surface area (TPSA) is 80.9 Å². The Balaban J connectivity index is 2.24. The molecule has 0 fully saturated rings. The van der Waals surface area contributed by atoms with Crippen LogP contribution in [0.15, 0.2) is 30.3 Å². The lowest BCUT2D eigenvalue weighted by Gasteiger charge is -2.06. The summed E-state index contributed by atoms with van der Waals surface area (Å²) in [6.07, 6.45) is 0. The van der Waals surface area contributed by atoms with Gasteiger partial charge in [-0.05, 0) is 23.7 Å². The number of benzene rings is 1. The van der Waals surface area contributed by atoms with Crippen molar-refractivity contribution in [3.63, 3.8) is 0 Å². The first-order valence-corrected chi connectivity index (χ1v) is 5.68. The van der Waals surface area contributed by atoms with E-state index in [1.807, 2.05) is 0 Å². The lowest BCUT2D eigenvalue weighted by molar-refractivity contribution is 0.102. The van der Waals surface area contributed by atoms with Crippen molar-refractivity contribution in [3.8, 4) is 0 Å². The van der Waals surface area contributed by atoms with Crippen LogP contribution in [0.2, 0.25) is 10.4 Å². The van der Waals surface area contributed by atoms with Crippen LogP contribution in [-0.2, 0) is 0 Å². The van der Waals surface area contributed by atoms with Crippen molar-refractivity contribution < 1.29 is 4.79 Å². The van der Waals surface area contributed by atoms with Crippen molar-refractivity contribution in [2.24, 2.45) is 0 Å². The molecule has 18 heavy (non-hydrogen) atoms. The Labute approximate surface area is 113 Å². The molecule has 0 saturated heterocycles. The van der Waals surface area contributed by atoms with Crippen LogP contribution in [-0.4, -0.2) is 15.9 Å². The average Bonchev–Trinajstić information content (AvgIpc) is 2.27. The zero-order valence-corrected chi connectivity index (χ0v) is 10.5. The molecule has 0 bridgehead atoms. The number of nitrogens with zero attached hydrogens (tertiary/aromatic N) is 2. The number of aromatic nitrogens is 2. The Morgan fingerprint density at radius 3 is 2.61 bits per heavy atom. The number of anilines is 2. The van der Waals surface area contributed by atoms with E-state index in [1.54, 1.807) is 24.3 Å². The van der Waals surface area contributed by atoms with E-state index in [9.17, 15) is 4.79 Å². The van der Waals surface area contributed by atoms with Gasteiger partial charge in [0.15, 0.2) is 0 Å². The molecule has 0 aliphatic carbocycles. The Bertz CT molecular complexity index is 583. The summed E-state index contributed by atoms with van der Waals surface area (Å²) in [6, 6.07) is 8.09. The van der Waals surface area contributed by atoms with E-state index < -0.39 is 0 Å². The molecule has 0 atom stereocenters. The largest absolute Gasteiger partial charge is 0.398 e. The number of hydrogen-bond acceptors (Lipinski definition) is 4. The zero-order chi connectivity index (χ0) is 13.1. The lowest BCUT2D eigenvalue weighted by Crippen LogP contribution is -2.15. The van der Waals surface area contributed by atoms with E-state index in [0.717, 1.165) is 0 Å². The predicted molar refractivity (Wildman–Crippen MR) is 70.9 cm³/mol. The van der Waals surface area contributed by atoms with E-state index >= 15 is 0 Å². The van der Waals surface area contributed by atoms with Gasteiger partial charge >= 0.3 is 0 Å². The number of amides is 1. The third-order valence-corrected chi connectivity index (χ3v) is 2.48. The highest BCUT2D eigenvalue weighted by molar-refractivity contribution is 6.32. The minimum absolute atomic E-state index is 0.0427. The summed E-state index contributed by atoms with van der Waals surface area (Å²) in [4.78, 5) is 19.4. The van der Waals surface area contributed by atoms with Crippen LogP contribution >= 0.6 is 23.2 Å². The fourth-order valence-electron chi connectivity index (χ4n) is 1.34. The van der Waals surface area contributed by atoms with Gasteiger partial charge in [-0.25, -0.2) is 9.97 Å². The minimum Gasteiger partial charge on any atom is -0.398 e. The average molecular weight is 283 g/mol. The van der Waals surface area contributed by atoms with E-state index in [4.69, 9.17) is 28.9 Å². The number of nitrogens with one attached hydrogen (secondary N) is 1. The smallest absolute Gasteiger partial charge is 0.258 e. The van der Waals surface area contributed by atoms with Gasteiger partial charge in [0, 0.05) is 11.8 Å². The predicted octanol–water partition coefficient (Wildman–Crippen LogP) is 2.62. The van der Waals surface area contributed by atoms with Crippen LogP contribution in [0.5, 0.6) is 0 Å². The standard InChI is InChI=1S/C11H8Cl2N4O/c12-8-5-9(17-11(13)15-8)16-10(18)6-3-1-2-4-7(6)14/h1-5H,14H2,(H,15,16,17,18). The fourth-order valence-corrected chi connectivity index (χ4v) is 1.75. The van der Waals surface area contributed by atoms with Crippen LogP contribution in [0.3, 0.4) is 0 Å². The Morgan fingerprint density at radius 2 is 1.94 bits per heavy atom. The molecule has 0 aliphatic heterocycles. The monoisotopic (exact) mass is 282 g/mol. The van der Waals surface area contributed by atoms with Crippen molar-refractivity contribution >= 4 is 40.6 Å². The number of halogens is 2. The molecule has 0 unspecified atom stereocenters. The van der Waals surface area contributed by atoms with Gasteiger partial charge in [-0.3, -0.25) is 4.79 Å². The molecule has 1 aromatic carbocycles. The number of rotatable bonds is 2. The summed E-state index contributed by atoms with van der Waals surface area (Å²) in [5, 5.41) is 2.64. The van der Waals surface area contributed by atoms with Gasteiger partial charge in [0.1, 0.15) is 11.0 Å². The maximum Gasteiger partial charge on any atom is 0.258 e. The number of carbonyl (C=O) groups is 1. The molecule has 0 spiro atoms. The third kappa shape index (κ3) is 2.88. The van der Waals surface area contributed by atoms with E-state index in [2.05, 4.69) is 15.3 Å². The van der Waals surface area contributed by atoms with Crippen LogP contribution < -0.4 is 11.1 Å². The van der Waals surface area contributed by atoms with Gasteiger partial charge in [-0.15, -0.1) is 0 Å². The molecule has 2 aromatic rings. The summed E-state index contributed by atoms with van der Waals surface area (Å²) < 4.78 is 0. The van der Waals surface area contributed by atoms with Crippen molar-refractivity contribution in [2.45, 2.75) is 0 Å². The Morgan fingerprint density at radius 1 is 1.22 bits per heavy atom. The molecule has 0 saturated carbocycles. The first-order valence-electron chi connectivity index (χ1n) is 4.92. The molecule has 0 aliphatic rings. The Kier molecular flexibility index (Phi) is 3.64. The number of para-hydroxylation sites is 1. The van der Waals surface area contributed by atoms with Crippen LogP contribution in [0.4, 0.5) is 11.5 Å². The van der Waals surface area contributed by atoms with Crippen molar-refractivity contribution in [2.75, 3.05) is 11.1 Å². The first-order chi connectivity index (χ1) is 8.56. The van der Waals surface area contributed by atoms with Crippen molar-refractivity contribution in [3.05, 3.63) is 46.3 Å². The van der Waals surface area contributed by atoms with Gasteiger partial charge < -0.3 is 11.1 Å². The summed E-state index contributed by atoms with van der Waals surface area (Å²) in [5.41, 5.74) is 6.42. The van der Waals surface area contributed by atoms with E-state index in [-0.39, 0.29) is 22.2 Å². The lowest BCUT2D eigenvalue weighted by atomic mass is 10.1. The molecule has 5 nitrogen and oxygen atoms in total. The molecule has 0 radical (unpaired) electrons. The maximum atomic E-state index is 11.9. The first kappa shape index (κ1) is 12.6. The SMILES string of the molecule is Nc1ccccc1C(=O)Nc1cc(Cl)nc(Cl)n1. The fraction of sp³-hybridized carbons (Fsp3) is 0. The van der Waals surface area contributed by atoms with Crippen LogP contribution in [0.25, 0.3) is 0 Å². The molecular formula is C11H8Cl2N4O. The molecule has 3 N–H and O–H groups in total. The van der Waals surface area contributed by atoms with Crippen LogP contribution in [0, 0.1) is 0 Å². The Hall–Kier alpha value is -1.85. The molecule has 1 heterocycles. The van der Waals surface area contributed by atoms with Gasteiger partial charge in [0.05, 0.1) is 5.56 Å². The zero-order valence-electron chi connectivity index (χ0n) is 9.02. The second kappa shape index (κ2) is 5.20. The molecular weight excluding hydrogens is 275 g/mol. The van der Waals surface area contributed by atoms with Crippen molar-refractivity contribution in [1.82, 2.24) is 9.97 Å². The molecule has 2 rings (SSSR count). The highest BCUT2D eigenvalue weighted by Gasteiger charge is 2.10. The molecule has 1 amide bonds. The summed E-state index contributed by atoms with van der Waals surface area (Å²) in [5.74, 6) is -0.174. The quantitative estimate of drug-likeness (QED) is 0.504. The van der Waals surface area contributed by atoms with Crippen LogP contribution in [0.1, 0.15) is 10.4 Å². The van der Waals surface area contributed by atoms with Gasteiger partial charge in [0.25, 0.3) is 5.91 Å². The third-order valence-electron chi connectivity index (χ3n) is 2.11. The molecule has 1 aromatic heterocycles. The molecule has 92 valence electrons.